The molecule has 0 radical (unpaired) electrons. The number of nitrogens with two attached hydrogens (primary N) is 2. The summed E-state index contributed by atoms with van der Waals surface area (Å²) in [5.41, 5.74) is 12.3. The molecule has 0 spiro atoms. The van der Waals surface area contributed by atoms with Crippen LogP contribution in [0.3, 0.4) is 0 Å². The van der Waals surface area contributed by atoms with Gasteiger partial charge in [-0.2, -0.15) is 30.3 Å². The van der Waals surface area contributed by atoms with Gasteiger partial charge in [0.25, 0.3) is 0 Å². The van der Waals surface area contributed by atoms with E-state index in [1.807, 2.05) is 30.3 Å². The first-order valence-electron chi connectivity index (χ1n) is 5.30. The van der Waals surface area contributed by atoms with E-state index in [0.29, 0.717) is 13.1 Å². The molecule has 0 unspecified atom stereocenters. The second-order valence-electron chi connectivity index (χ2n) is 3.23. The van der Waals surface area contributed by atoms with Crippen molar-refractivity contribution in [1.29, 1.82) is 0 Å². The number of hydrogen-bond acceptors (Lipinski definition) is 2. The van der Waals surface area contributed by atoms with Crippen LogP contribution >= 0.6 is 0 Å². The smallest absolute Gasteiger partial charge is 1.00 e. The molecule has 0 saturated carbocycles. The van der Waals surface area contributed by atoms with Crippen LogP contribution in [0, 0.1) is 6.07 Å². The van der Waals surface area contributed by atoms with E-state index < -0.39 is 0 Å². The summed E-state index contributed by atoms with van der Waals surface area (Å²) in [4.78, 5) is 0. The van der Waals surface area contributed by atoms with Crippen molar-refractivity contribution in [2.75, 3.05) is 13.1 Å². The van der Waals surface area contributed by atoms with Crippen LogP contribution in [0.1, 0.15) is 0 Å². The van der Waals surface area contributed by atoms with E-state index in [9.17, 15) is 0 Å². The fraction of sp³-hybridized carbons (Fsp3) is 0.143. The Hall–Kier alpha value is -0.714. The van der Waals surface area contributed by atoms with E-state index in [1.54, 1.807) is 0 Å². The Morgan fingerprint density at radius 1 is 0.778 bits per heavy atom. The molecule has 2 aromatic carbocycles. The molecule has 2 aromatic rings. The maximum atomic E-state index is 4.90. The molecule has 0 aliphatic rings. The predicted octanol–water partition coefficient (Wildman–Crippen LogP) is -0.941. The molecule has 4 heteroatoms. The SMILES string of the molecule is NCCN.[Cl-].[Os+2].[c-]1ccc(-c2ccccc2)cc1. The average molecular weight is 439 g/mol. The minimum atomic E-state index is 0. The van der Waals surface area contributed by atoms with Crippen LogP contribution < -0.4 is 23.9 Å². The molecular weight excluding hydrogens is 422 g/mol. The van der Waals surface area contributed by atoms with E-state index in [2.05, 4.69) is 30.3 Å². The van der Waals surface area contributed by atoms with Gasteiger partial charge in [-0.05, 0) is 5.56 Å². The molecule has 0 saturated heterocycles. The number of halogens is 1. The predicted molar refractivity (Wildman–Crippen MR) is 68.8 cm³/mol. The first-order valence-corrected chi connectivity index (χ1v) is 5.30. The first kappa shape index (κ1) is 19.6. The molecule has 0 bridgehead atoms. The minimum Gasteiger partial charge on any atom is -1.00 e. The summed E-state index contributed by atoms with van der Waals surface area (Å²) >= 11 is 0. The molecule has 0 aliphatic carbocycles. The molecular formula is C14H17ClN2Os. The van der Waals surface area contributed by atoms with Crippen LogP contribution in [0.2, 0.25) is 0 Å². The van der Waals surface area contributed by atoms with Gasteiger partial charge in [0.2, 0.25) is 0 Å². The number of hydrogen-bond donors (Lipinski definition) is 2. The second-order valence-corrected chi connectivity index (χ2v) is 3.23. The standard InChI is InChI=1S/C12H9.C2H8N2.ClH.Os/c1-3-7-11(8-4-1)12-9-5-2-6-10-12;3-1-2-4;;/h1,3-10H;1-4H2;1H;/q-1;;;+2/p-1. The summed E-state index contributed by atoms with van der Waals surface area (Å²) < 4.78 is 0. The fourth-order valence-corrected chi connectivity index (χ4v) is 1.21. The monoisotopic (exact) mass is 440 g/mol. The zero-order valence-electron chi connectivity index (χ0n) is 10.00. The molecule has 2 nitrogen and oxygen atoms in total. The van der Waals surface area contributed by atoms with Crippen LogP contribution in [0.5, 0.6) is 0 Å². The summed E-state index contributed by atoms with van der Waals surface area (Å²) in [6.07, 6.45) is 0. The van der Waals surface area contributed by atoms with Gasteiger partial charge in [0.1, 0.15) is 0 Å². The zero-order valence-corrected chi connectivity index (χ0v) is 13.3. The maximum absolute atomic E-state index is 4.90. The second kappa shape index (κ2) is 12.7. The van der Waals surface area contributed by atoms with Crippen molar-refractivity contribution >= 4 is 0 Å². The Labute approximate surface area is 128 Å². The molecule has 18 heavy (non-hydrogen) atoms. The Morgan fingerprint density at radius 3 is 1.67 bits per heavy atom. The van der Waals surface area contributed by atoms with Gasteiger partial charge in [0.05, 0.1) is 0 Å². The Bertz CT molecular complexity index is 342. The third kappa shape index (κ3) is 7.58. The molecule has 0 fully saturated rings. The van der Waals surface area contributed by atoms with E-state index in [4.69, 9.17) is 11.5 Å². The van der Waals surface area contributed by atoms with Crippen LogP contribution in [0.15, 0.2) is 54.6 Å². The molecule has 0 atom stereocenters. The van der Waals surface area contributed by atoms with Crippen molar-refractivity contribution in [2.45, 2.75) is 0 Å². The van der Waals surface area contributed by atoms with Gasteiger partial charge in [-0.1, -0.05) is 30.3 Å². The third-order valence-corrected chi connectivity index (χ3v) is 1.99. The van der Waals surface area contributed by atoms with Gasteiger partial charge >= 0.3 is 19.8 Å². The summed E-state index contributed by atoms with van der Waals surface area (Å²) in [6, 6.07) is 21.3. The van der Waals surface area contributed by atoms with Gasteiger partial charge in [0.15, 0.2) is 0 Å². The summed E-state index contributed by atoms with van der Waals surface area (Å²) in [7, 11) is 0. The van der Waals surface area contributed by atoms with E-state index in [1.165, 1.54) is 11.1 Å². The van der Waals surface area contributed by atoms with Gasteiger partial charge in [-0.25, -0.2) is 0 Å². The topological polar surface area (TPSA) is 52.0 Å². The van der Waals surface area contributed by atoms with E-state index in [0.717, 1.165) is 0 Å². The van der Waals surface area contributed by atoms with E-state index in [-0.39, 0.29) is 32.2 Å². The third-order valence-electron chi connectivity index (χ3n) is 1.99. The average Bonchev–Trinajstić information content (AvgIpc) is 2.41. The number of benzene rings is 2. The summed E-state index contributed by atoms with van der Waals surface area (Å²) in [6.45, 7) is 1.19. The largest absolute Gasteiger partial charge is 2.00 e. The first-order chi connectivity index (χ1) is 7.88. The Morgan fingerprint density at radius 2 is 1.22 bits per heavy atom. The van der Waals surface area contributed by atoms with Crippen molar-refractivity contribution < 1.29 is 32.2 Å². The van der Waals surface area contributed by atoms with Crippen molar-refractivity contribution in [3.63, 3.8) is 0 Å². The summed E-state index contributed by atoms with van der Waals surface area (Å²) in [5, 5.41) is 0. The molecule has 0 amide bonds. The zero-order chi connectivity index (χ0) is 11.6. The Balaban J connectivity index is 0. The van der Waals surface area contributed by atoms with Crippen LogP contribution in [0.4, 0.5) is 0 Å². The molecule has 2 rings (SSSR count). The normalized spacial score (nSPS) is 8.11. The van der Waals surface area contributed by atoms with Gasteiger partial charge < -0.3 is 23.9 Å². The van der Waals surface area contributed by atoms with Crippen molar-refractivity contribution in [1.82, 2.24) is 0 Å². The minimum absolute atomic E-state index is 0. The van der Waals surface area contributed by atoms with E-state index >= 15 is 0 Å². The van der Waals surface area contributed by atoms with Gasteiger partial charge in [-0.3, -0.25) is 0 Å². The molecule has 0 heterocycles. The molecule has 4 N–H and O–H groups in total. The maximum Gasteiger partial charge on any atom is 2.00 e. The van der Waals surface area contributed by atoms with Gasteiger partial charge in [0, 0.05) is 13.1 Å². The Kier molecular flexibility index (Phi) is 13.9. The van der Waals surface area contributed by atoms with Crippen LogP contribution in [0.25, 0.3) is 11.1 Å². The van der Waals surface area contributed by atoms with Crippen LogP contribution in [-0.2, 0) is 19.8 Å². The van der Waals surface area contributed by atoms with Crippen LogP contribution in [-0.4, -0.2) is 13.1 Å². The molecule has 0 aliphatic heterocycles. The quantitative estimate of drug-likeness (QED) is 0.595. The number of rotatable bonds is 2. The van der Waals surface area contributed by atoms with Crippen molar-refractivity contribution in [2.24, 2.45) is 11.5 Å². The fourth-order valence-electron chi connectivity index (χ4n) is 1.21. The van der Waals surface area contributed by atoms with Crippen molar-refractivity contribution in [3.8, 4) is 11.1 Å². The van der Waals surface area contributed by atoms with Crippen molar-refractivity contribution in [3.05, 3.63) is 60.7 Å². The summed E-state index contributed by atoms with van der Waals surface area (Å²) in [5.74, 6) is 0. The molecule has 0 aromatic heterocycles. The van der Waals surface area contributed by atoms with Gasteiger partial charge in [-0.15, -0.1) is 5.56 Å². The molecule has 98 valence electrons.